The molecule has 6 aromatic carbocycles. The van der Waals surface area contributed by atoms with E-state index in [4.69, 9.17) is 9.47 Å². The molecule has 480 valence electrons. The number of aryl methyl sites for hydroxylation is 1. The molecular formula is C70H76F6N8O7. The van der Waals surface area contributed by atoms with Crippen LogP contribution >= 0.6 is 0 Å². The van der Waals surface area contributed by atoms with E-state index in [0.29, 0.717) is 91.5 Å². The monoisotopic (exact) mass is 1250 g/mol. The van der Waals surface area contributed by atoms with Gasteiger partial charge in [-0.1, -0.05) is 97.1 Å². The summed E-state index contributed by atoms with van der Waals surface area (Å²) in [6, 6.07) is 42.4. The van der Waals surface area contributed by atoms with Crippen molar-refractivity contribution in [2.45, 2.75) is 83.4 Å². The Bertz CT molecular complexity index is 3640. The molecule has 0 atom stereocenters. The minimum atomic E-state index is -5.11. The number of carbonyl (C=O) groups is 5. The van der Waals surface area contributed by atoms with Crippen LogP contribution < -0.4 is 19.9 Å². The molecule has 0 saturated carbocycles. The summed E-state index contributed by atoms with van der Waals surface area (Å²) in [6.07, 6.45) is -7.77. The van der Waals surface area contributed by atoms with Crippen LogP contribution in [-0.4, -0.2) is 135 Å². The van der Waals surface area contributed by atoms with Gasteiger partial charge in [0.1, 0.15) is 17.7 Å². The average Bonchev–Trinajstić information content (AvgIpc) is 0.890. The predicted molar refractivity (Wildman–Crippen MR) is 340 cm³/mol. The van der Waals surface area contributed by atoms with Crippen LogP contribution in [0.25, 0.3) is 22.3 Å². The number of rotatable bonds is 23. The number of hydrogen-bond donors (Lipinski definition) is 1. The van der Waals surface area contributed by atoms with Gasteiger partial charge in [0, 0.05) is 97.1 Å². The topological polar surface area (TPSA) is 148 Å². The van der Waals surface area contributed by atoms with Crippen LogP contribution in [0.5, 0.6) is 5.75 Å². The van der Waals surface area contributed by atoms with Gasteiger partial charge in [-0.15, -0.1) is 0 Å². The second-order valence-corrected chi connectivity index (χ2v) is 23.6. The number of aromatic nitrogens is 1. The van der Waals surface area contributed by atoms with E-state index < -0.39 is 52.4 Å². The molecule has 4 amide bonds. The maximum Gasteiger partial charge on any atom is 0.416 e. The van der Waals surface area contributed by atoms with Gasteiger partial charge in [-0.05, 0) is 135 Å². The number of amides is 4. The summed E-state index contributed by atoms with van der Waals surface area (Å²) >= 11 is 0. The molecule has 0 aliphatic carbocycles. The zero-order valence-electron chi connectivity index (χ0n) is 52.3. The van der Waals surface area contributed by atoms with Gasteiger partial charge < -0.3 is 34.0 Å². The molecule has 15 nitrogen and oxygen atoms in total. The van der Waals surface area contributed by atoms with Crippen molar-refractivity contribution in [3.05, 3.63) is 197 Å². The van der Waals surface area contributed by atoms with Gasteiger partial charge in [0.2, 0.25) is 11.8 Å². The van der Waals surface area contributed by atoms with Gasteiger partial charge in [-0.2, -0.15) is 26.3 Å². The van der Waals surface area contributed by atoms with Gasteiger partial charge in [-0.3, -0.25) is 29.4 Å². The van der Waals surface area contributed by atoms with Crippen molar-refractivity contribution < 1.29 is 59.8 Å². The number of benzene rings is 6. The lowest BCUT2D eigenvalue weighted by atomic mass is 9.81. The van der Waals surface area contributed by atoms with E-state index >= 15 is 0 Å². The smallest absolute Gasteiger partial charge is 0.416 e. The first-order valence-electron chi connectivity index (χ1n) is 29.9. The molecular weight excluding hydrogens is 1180 g/mol. The maximum absolute atomic E-state index is 14.3. The molecule has 7 aromatic rings. The Hall–Kier alpha value is -9.08. The Labute approximate surface area is 527 Å². The molecule has 8 rings (SSSR count). The third-order valence-electron chi connectivity index (χ3n) is 16.3. The SMILES string of the molecule is Cc1ccccc1-c1cc(N(C)CC(=O)N(C)CCCC(=O)Oc2ccc(CN(C)Cc3ccc(C(=O)N(C)CCN4CCC(OC(=O)Nc5ccccc5-c5ccccc5)CC4)cc3)cc2)ncc1N(C)C(=O)C(C)(C)c1cc(C(F)(F)F)cc(C(F)(F)F)c1. The first kappa shape index (κ1) is 67.8. The van der Waals surface area contributed by atoms with Gasteiger partial charge in [0.15, 0.2) is 0 Å². The minimum absolute atomic E-state index is 0.0206. The molecule has 1 fully saturated rings. The number of esters is 1. The van der Waals surface area contributed by atoms with E-state index in [1.54, 1.807) is 61.3 Å². The molecule has 1 aromatic heterocycles. The normalized spacial score (nSPS) is 13.1. The molecule has 0 bridgehead atoms. The first-order valence-corrected chi connectivity index (χ1v) is 29.9. The lowest BCUT2D eigenvalue weighted by Crippen LogP contribution is -2.42. The zero-order chi connectivity index (χ0) is 65.8. The van der Waals surface area contributed by atoms with Gasteiger partial charge in [0.25, 0.3) is 5.91 Å². The highest BCUT2D eigenvalue weighted by Gasteiger charge is 2.42. The summed E-state index contributed by atoms with van der Waals surface area (Å²) < 4.78 is 94.6. The number of pyridine rings is 1. The Morgan fingerprint density at radius 3 is 1.84 bits per heavy atom. The lowest BCUT2D eigenvalue weighted by Gasteiger charge is -2.32. The van der Waals surface area contributed by atoms with E-state index in [9.17, 15) is 50.3 Å². The number of hydrogen-bond acceptors (Lipinski definition) is 11. The number of halogens is 6. The van der Waals surface area contributed by atoms with Gasteiger partial charge in [-0.25, -0.2) is 9.78 Å². The summed E-state index contributed by atoms with van der Waals surface area (Å²) in [5.74, 6) is -0.921. The average molecular weight is 1260 g/mol. The Kier molecular flexibility index (Phi) is 22.1. The summed E-state index contributed by atoms with van der Waals surface area (Å²) in [7, 11) is 8.42. The molecule has 2 heterocycles. The predicted octanol–water partition coefficient (Wildman–Crippen LogP) is 13.4. The quantitative estimate of drug-likeness (QED) is 0.0371. The van der Waals surface area contributed by atoms with E-state index in [1.807, 2.05) is 117 Å². The summed E-state index contributed by atoms with van der Waals surface area (Å²) in [5, 5.41) is 2.92. The highest BCUT2D eigenvalue weighted by Crippen LogP contribution is 2.42. The zero-order valence-corrected chi connectivity index (χ0v) is 52.3. The molecule has 0 spiro atoms. The fraction of sp³-hybridized carbons (Fsp3) is 0.343. The number of nitrogens with zero attached hydrogens (tertiary/aromatic N) is 7. The van der Waals surface area contributed by atoms with Crippen LogP contribution in [0.15, 0.2) is 158 Å². The standard InChI is InChI=1S/C70H76F6N8O7/c1-47-17-12-13-20-57(47)59-42-62(77-43-61(59)83(8)66(88)68(2,3)52-39-53(69(71,72)73)41-54(40-52)70(74,75)76)82(7)46-63(85)80(5)34-16-23-64(86)90-55-30-26-49(27-31-55)45-79(4)44-48-24-28-51(29-25-48)65(87)81(6)37-38-84-35-32-56(33-36-84)91-67(89)78-60-22-15-14-21-58(60)50-18-10-9-11-19-50/h9-15,17-22,24-31,39-43,56H,16,23,32-38,44-46H2,1-8H3,(H,78,89). The third-order valence-corrected chi connectivity index (χ3v) is 16.3. The maximum atomic E-state index is 14.3. The Morgan fingerprint density at radius 1 is 0.648 bits per heavy atom. The highest BCUT2D eigenvalue weighted by atomic mass is 19.4. The molecule has 1 aliphatic rings. The number of alkyl halides is 6. The van der Waals surface area contributed by atoms with Crippen molar-refractivity contribution in [1.29, 1.82) is 0 Å². The number of likely N-dealkylation sites (N-methyl/N-ethyl adjacent to an activating group) is 4. The van der Waals surface area contributed by atoms with E-state index in [0.717, 1.165) is 45.8 Å². The number of carbonyl (C=O) groups excluding carboxylic acids is 5. The first-order chi connectivity index (χ1) is 43.1. The lowest BCUT2D eigenvalue weighted by molar-refractivity contribution is -0.143. The van der Waals surface area contributed by atoms with Gasteiger partial charge in [0.05, 0.1) is 40.7 Å². The molecule has 1 saturated heterocycles. The molecule has 0 radical (unpaired) electrons. The van der Waals surface area contributed by atoms with E-state index in [1.165, 1.54) is 32.0 Å². The third kappa shape index (κ3) is 18.1. The van der Waals surface area contributed by atoms with Crippen LogP contribution in [0.2, 0.25) is 0 Å². The van der Waals surface area contributed by atoms with Crippen LogP contribution in [0.3, 0.4) is 0 Å². The number of likely N-dealkylation sites (tertiary alicyclic amines) is 1. The fourth-order valence-electron chi connectivity index (χ4n) is 10.9. The number of para-hydroxylation sites is 1. The molecule has 1 aliphatic heterocycles. The Morgan fingerprint density at radius 2 is 1.22 bits per heavy atom. The van der Waals surface area contributed by atoms with E-state index in [-0.39, 0.29) is 49.2 Å². The Balaban J connectivity index is 0.747. The second-order valence-electron chi connectivity index (χ2n) is 23.6. The number of ether oxygens (including phenoxy) is 2. The van der Waals surface area contributed by atoms with Gasteiger partial charge >= 0.3 is 24.4 Å². The number of anilines is 3. The van der Waals surface area contributed by atoms with Crippen LogP contribution in [-0.2, 0) is 50.0 Å². The number of nitrogens with one attached hydrogen (secondary N) is 1. The van der Waals surface area contributed by atoms with E-state index in [2.05, 4.69) is 20.1 Å². The van der Waals surface area contributed by atoms with Crippen molar-refractivity contribution >= 4 is 47.0 Å². The molecule has 1 N–H and O–H groups in total. The molecule has 21 heteroatoms. The largest absolute Gasteiger partial charge is 0.446 e. The number of piperidine rings is 1. The van der Waals surface area contributed by atoms with Crippen molar-refractivity contribution in [2.24, 2.45) is 0 Å². The minimum Gasteiger partial charge on any atom is -0.446 e. The van der Waals surface area contributed by atoms with Crippen LogP contribution in [0.4, 0.5) is 48.3 Å². The second kappa shape index (κ2) is 29.7. The summed E-state index contributed by atoms with van der Waals surface area (Å²) in [4.78, 5) is 81.9. The summed E-state index contributed by atoms with van der Waals surface area (Å²) in [5.41, 5.74) is 1.96. The van der Waals surface area contributed by atoms with Crippen molar-refractivity contribution in [3.63, 3.8) is 0 Å². The van der Waals surface area contributed by atoms with Crippen molar-refractivity contribution in [2.75, 3.05) is 89.6 Å². The highest BCUT2D eigenvalue weighted by molar-refractivity contribution is 6.03. The summed E-state index contributed by atoms with van der Waals surface area (Å²) in [6.45, 7) is 8.44. The molecule has 0 unspecified atom stereocenters. The van der Waals surface area contributed by atoms with Crippen molar-refractivity contribution in [3.8, 4) is 28.0 Å². The van der Waals surface area contributed by atoms with Crippen LogP contribution in [0.1, 0.15) is 83.3 Å². The van der Waals surface area contributed by atoms with Crippen LogP contribution in [0, 0.1) is 6.92 Å². The van der Waals surface area contributed by atoms with Crippen molar-refractivity contribution in [1.82, 2.24) is 24.6 Å². The molecule has 91 heavy (non-hydrogen) atoms. The fourth-order valence-corrected chi connectivity index (χ4v) is 10.9.